The molecule has 7 aromatic carbocycles. The van der Waals surface area contributed by atoms with Crippen molar-refractivity contribution in [3.63, 3.8) is 0 Å². The molecule has 1 aliphatic carbocycles. The number of fused-ring (bicyclic) bond motifs is 13. The van der Waals surface area contributed by atoms with Crippen LogP contribution in [0, 0.1) is 17.9 Å². The molecule has 0 bridgehead atoms. The molecular weight excluding hydrogens is 739 g/mol. The zero-order valence-electron chi connectivity index (χ0n) is 32.4. The summed E-state index contributed by atoms with van der Waals surface area (Å²) in [5, 5.41) is 18.8. The quantitative estimate of drug-likeness (QED) is 0.164. The summed E-state index contributed by atoms with van der Waals surface area (Å²) >= 11 is 0. The van der Waals surface area contributed by atoms with Gasteiger partial charge in [0.15, 0.2) is 0 Å². The molecule has 4 heterocycles. The first-order valence-electron chi connectivity index (χ1n) is 19.6. The van der Waals surface area contributed by atoms with Gasteiger partial charge in [0.1, 0.15) is 22.3 Å². The minimum Gasteiger partial charge on any atom is -0.456 e. The first-order valence-corrected chi connectivity index (χ1v) is 19.6. The molecule has 0 aliphatic heterocycles. The lowest BCUT2D eigenvalue weighted by molar-refractivity contribution is -0.105. The molecule has 11 aromatic rings. The second kappa shape index (κ2) is 10.9. The average Bonchev–Trinajstić information content (AvgIpc) is 3.99. The van der Waals surface area contributed by atoms with E-state index in [-0.39, 0.29) is 22.6 Å². The summed E-state index contributed by atoms with van der Waals surface area (Å²) < 4.78 is 52.0. The van der Waals surface area contributed by atoms with Crippen molar-refractivity contribution in [2.45, 2.75) is 44.4 Å². The molecule has 1 aliphatic rings. The number of nitrogens with zero attached hydrogens (tertiary/aromatic N) is 4. The maximum Gasteiger partial charge on any atom is 0.266 e. The standard InChI is InChI=1S/C51H32F2N4O2/c1-49(2)44-45(50(3,4)51(49,52)53)48(57-37-19-11-7-15-28(37)32-23-34-30-17-9-13-21-41(30)59-43(34)25-39(32)57)46(55-5)35(26-54)47(44)56-36-18-10-6-14-27(36)31-22-33-29-16-8-12-20-40(29)58-42(33)24-38(31)56/h6-25H,1-4H3. The average molecular weight is 771 g/mol. The molecule has 0 fully saturated rings. The van der Waals surface area contributed by atoms with E-state index in [1.165, 1.54) is 0 Å². The van der Waals surface area contributed by atoms with Gasteiger partial charge >= 0.3 is 0 Å². The van der Waals surface area contributed by atoms with Gasteiger partial charge in [-0.3, -0.25) is 0 Å². The molecule has 0 saturated heterocycles. The molecule has 0 radical (unpaired) electrons. The molecule has 12 rings (SSSR count). The van der Waals surface area contributed by atoms with E-state index in [1.807, 2.05) is 118 Å². The van der Waals surface area contributed by atoms with Gasteiger partial charge in [-0.1, -0.05) is 72.8 Å². The number of furan rings is 2. The van der Waals surface area contributed by atoms with E-state index in [1.54, 1.807) is 27.7 Å². The van der Waals surface area contributed by atoms with E-state index in [0.29, 0.717) is 33.3 Å². The van der Waals surface area contributed by atoms with Crippen LogP contribution in [0.3, 0.4) is 0 Å². The highest BCUT2D eigenvalue weighted by Crippen LogP contribution is 2.65. The van der Waals surface area contributed by atoms with Crippen LogP contribution < -0.4 is 0 Å². The first kappa shape index (κ1) is 33.7. The summed E-state index contributed by atoms with van der Waals surface area (Å²) in [6, 6.07) is 41.8. The summed E-state index contributed by atoms with van der Waals surface area (Å²) in [5.41, 5.74) is 3.24. The van der Waals surface area contributed by atoms with Crippen LogP contribution in [-0.2, 0) is 10.8 Å². The van der Waals surface area contributed by atoms with Crippen LogP contribution in [0.25, 0.3) is 104 Å². The van der Waals surface area contributed by atoms with Gasteiger partial charge in [-0.05, 0) is 75.2 Å². The van der Waals surface area contributed by atoms with Crippen molar-refractivity contribution in [2.75, 3.05) is 0 Å². The number of hydrogen-bond acceptors (Lipinski definition) is 3. The van der Waals surface area contributed by atoms with E-state index in [0.717, 1.165) is 65.3 Å². The first-order chi connectivity index (χ1) is 28.5. The minimum atomic E-state index is -3.32. The number of rotatable bonds is 2. The number of halogens is 2. The maximum absolute atomic E-state index is 17.7. The second-order valence-electron chi connectivity index (χ2n) is 16.9. The van der Waals surface area contributed by atoms with E-state index < -0.39 is 16.8 Å². The lowest BCUT2D eigenvalue weighted by Crippen LogP contribution is -2.46. The number of alkyl halides is 2. The molecule has 0 amide bonds. The van der Waals surface area contributed by atoms with E-state index >= 15 is 8.78 Å². The van der Waals surface area contributed by atoms with Crippen LogP contribution in [0.4, 0.5) is 14.5 Å². The molecule has 282 valence electrons. The fourth-order valence-corrected chi connectivity index (χ4v) is 10.5. The third-order valence-electron chi connectivity index (χ3n) is 13.3. The van der Waals surface area contributed by atoms with E-state index in [4.69, 9.17) is 15.4 Å². The Morgan fingerprint density at radius 1 is 0.525 bits per heavy atom. The number of benzene rings is 7. The third kappa shape index (κ3) is 3.92. The van der Waals surface area contributed by atoms with Crippen molar-refractivity contribution in [1.29, 1.82) is 5.26 Å². The molecule has 0 unspecified atom stereocenters. The van der Waals surface area contributed by atoms with Gasteiger partial charge in [0.25, 0.3) is 5.92 Å². The molecule has 4 aromatic heterocycles. The van der Waals surface area contributed by atoms with Gasteiger partial charge in [-0.2, -0.15) is 5.26 Å². The Morgan fingerprint density at radius 3 is 1.42 bits per heavy atom. The van der Waals surface area contributed by atoms with Gasteiger partial charge < -0.3 is 18.0 Å². The molecule has 59 heavy (non-hydrogen) atoms. The fraction of sp³-hybridized carbons (Fsp3) is 0.137. The summed E-state index contributed by atoms with van der Waals surface area (Å²) in [6.45, 7) is 15.2. The Labute approximate surface area is 335 Å². The van der Waals surface area contributed by atoms with Crippen molar-refractivity contribution < 1.29 is 17.6 Å². The number of hydrogen-bond donors (Lipinski definition) is 0. The topological polar surface area (TPSA) is 64.3 Å². The van der Waals surface area contributed by atoms with Crippen LogP contribution in [0.2, 0.25) is 0 Å². The van der Waals surface area contributed by atoms with Gasteiger partial charge in [0.05, 0.1) is 62.5 Å². The zero-order chi connectivity index (χ0) is 40.3. The Kier molecular flexibility index (Phi) is 6.25. The van der Waals surface area contributed by atoms with E-state index in [2.05, 4.69) is 23.0 Å². The predicted molar refractivity (Wildman–Crippen MR) is 232 cm³/mol. The van der Waals surface area contributed by atoms with Crippen LogP contribution in [0.15, 0.2) is 130 Å². The number of aromatic nitrogens is 2. The van der Waals surface area contributed by atoms with Crippen molar-refractivity contribution >= 4 is 93.2 Å². The normalized spacial score (nSPS) is 15.7. The second-order valence-corrected chi connectivity index (χ2v) is 16.9. The molecule has 0 atom stereocenters. The molecule has 6 nitrogen and oxygen atoms in total. The largest absolute Gasteiger partial charge is 0.456 e. The number of para-hydroxylation sites is 4. The van der Waals surface area contributed by atoms with Crippen molar-refractivity contribution in [3.8, 4) is 17.4 Å². The van der Waals surface area contributed by atoms with E-state index in [9.17, 15) is 5.26 Å². The SMILES string of the molecule is [C-]#[N+]c1c(C#N)c(-n2c3ccccc3c3cc4c(cc32)oc2ccccc24)c2c(c1-n1c3ccccc3c3cc4c(cc31)oc1ccccc14)C(C)(C)C(F)(F)C2(C)C. The van der Waals surface area contributed by atoms with Crippen LogP contribution in [0.5, 0.6) is 0 Å². The van der Waals surface area contributed by atoms with Crippen LogP contribution in [-0.4, -0.2) is 15.1 Å². The number of nitriles is 1. The summed E-state index contributed by atoms with van der Waals surface area (Å²) in [6.07, 6.45) is 0. The minimum absolute atomic E-state index is 0.00549. The van der Waals surface area contributed by atoms with Crippen molar-refractivity contribution in [2.24, 2.45) is 0 Å². The predicted octanol–water partition coefficient (Wildman–Crippen LogP) is 14.3. The van der Waals surface area contributed by atoms with Gasteiger partial charge in [0.2, 0.25) is 5.69 Å². The Hall–Kier alpha value is -7.42. The molecule has 0 saturated carbocycles. The summed E-state index contributed by atoms with van der Waals surface area (Å²) in [7, 11) is 0. The molecular formula is C51H32F2N4O2. The summed E-state index contributed by atoms with van der Waals surface area (Å²) in [5.74, 6) is -3.32. The Balaban J connectivity index is 1.30. The lowest BCUT2D eigenvalue weighted by Gasteiger charge is -2.36. The summed E-state index contributed by atoms with van der Waals surface area (Å²) in [4.78, 5) is 4.16. The van der Waals surface area contributed by atoms with Gasteiger partial charge in [-0.15, -0.1) is 0 Å². The zero-order valence-corrected chi connectivity index (χ0v) is 32.4. The molecule has 0 N–H and O–H groups in total. The molecule has 0 spiro atoms. The van der Waals surface area contributed by atoms with Crippen LogP contribution >= 0.6 is 0 Å². The smallest absolute Gasteiger partial charge is 0.266 e. The highest BCUT2D eigenvalue weighted by Gasteiger charge is 2.67. The Bertz CT molecular complexity index is 3560. The van der Waals surface area contributed by atoms with Crippen molar-refractivity contribution in [1.82, 2.24) is 9.13 Å². The highest BCUT2D eigenvalue weighted by atomic mass is 19.3. The lowest BCUT2D eigenvalue weighted by atomic mass is 9.76. The fourth-order valence-electron chi connectivity index (χ4n) is 10.5. The molecule has 8 heteroatoms. The maximum atomic E-state index is 17.7. The van der Waals surface area contributed by atoms with Crippen molar-refractivity contribution in [3.05, 3.63) is 149 Å². The monoisotopic (exact) mass is 770 g/mol. The highest BCUT2D eigenvalue weighted by molar-refractivity contribution is 6.19. The van der Waals surface area contributed by atoms with Gasteiger partial charge in [-0.25, -0.2) is 13.6 Å². The van der Waals surface area contributed by atoms with Gasteiger partial charge in [0, 0.05) is 55.2 Å². The third-order valence-corrected chi connectivity index (χ3v) is 13.3. The van der Waals surface area contributed by atoms with Crippen LogP contribution in [0.1, 0.15) is 44.4 Å². The Morgan fingerprint density at radius 2 is 0.949 bits per heavy atom.